The molecule has 1 atom stereocenters. The summed E-state index contributed by atoms with van der Waals surface area (Å²) in [5.74, 6) is -0.710. The number of rotatable bonds is 2. The third kappa shape index (κ3) is 2.24. The van der Waals surface area contributed by atoms with Gasteiger partial charge < -0.3 is 4.90 Å². The molecule has 3 fully saturated rings. The fraction of sp³-hybridized carbons (Fsp3) is 0.786. The Bertz CT molecular complexity index is 489. The minimum atomic E-state index is -0.965. The van der Waals surface area contributed by atoms with Crippen LogP contribution in [0.3, 0.4) is 0 Å². The molecule has 2 heterocycles. The van der Waals surface area contributed by atoms with Crippen molar-refractivity contribution in [2.45, 2.75) is 25.3 Å². The Morgan fingerprint density at radius 3 is 2.52 bits per heavy atom. The fourth-order valence-corrected chi connectivity index (χ4v) is 3.38. The van der Waals surface area contributed by atoms with E-state index in [2.05, 4.69) is 15.1 Å². The average molecular weight is 294 g/mol. The van der Waals surface area contributed by atoms with Crippen LogP contribution >= 0.6 is 0 Å². The van der Waals surface area contributed by atoms with Crippen molar-refractivity contribution in [3.05, 3.63) is 0 Å². The molecule has 1 unspecified atom stereocenters. The van der Waals surface area contributed by atoms with Gasteiger partial charge in [0.1, 0.15) is 5.41 Å². The third-order valence-electron chi connectivity index (χ3n) is 5.14. The van der Waals surface area contributed by atoms with Gasteiger partial charge in [0.05, 0.1) is 0 Å². The van der Waals surface area contributed by atoms with E-state index in [9.17, 15) is 14.4 Å². The van der Waals surface area contributed by atoms with Crippen LogP contribution in [0.5, 0.6) is 0 Å². The third-order valence-corrected chi connectivity index (χ3v) is 5.14. The van der Waals surface area contributed by atoms with Crippen molar-refractivity contribution < 1.29 is 14.4 Å². The van der Waals surface area contributed by atoms with Crippen molar-refractivity contribution in [1.29, 1.82) is 0 Å². The van der Waals surface area contributed by atoms with Gasteiger partial charge in [-0.3, -0.25) is 24.7 Å². The summed E-state index contributed by atoms with van der Waals surface area (Å²) in [4.78, 5) is 42.3. The van der Waals surface area contributed by atoms with Gasteiger partial charge in [-0.05, 0) is 26.9 Å². The molecule has 0 bridgehead atoms. The highest BCUT2D eigenvalue weighted by atomic mass is 16.2. The van der Waals surface area contributed by atoms with Crippen LogP contribution in [0.15, 0.2) is 0 Å². The molecule has 1 saturated carbocycles. The molecule has 7 nitrogen and oxygen atoms in total. The lowest BCUT2D eigenvalue weighted by Crippen LogP contribution is -2.68. The number of barbiturate groups is 1. The summed E-state index contributed by atoms with van der Waals surface area (Å²) in [6.45, 7) is 3.06. The lowest BCUT2D eigenvalue weighted by Gasteiger charge is -2.46. The number of imide groups is 2. The van der Waals surface area contributed by atoms with Gasteiger partial charge in [-0.1, -0.05) is 6.42 Å². The summed E-state index contributed by atoms with van der Waals surface area (Å²) < 4.78 is 0. The first-order valence-electron chi connectivity index (χ1n) is 7.50. The molecule has 3 rings (SSSR count). The summed E-state index contributed by atoms with van der Waals surface area (Å²) in [6.07, 6.45) is 1.98. The van der Waals surface area contributed by atoms with Crippen LogP contribution in [-0.2, 0) is 9.59 Å². The average Bonchev–Trinajstić information content (AvgIpc) is 2.36. The summed E-state index contributed by atoms with van der Waals surface area (Å²) in [5, 5.41) is 2.36. The van der Waals surface area contributed by atoms with Crippen molar-refractivity contribution >= 4 is 17.8 Å². The molecule has 1 spiro atoms. The Morgan fingerprint density at radius 1 is 1.19 bits per heavy atom. The highest BCUT2D eigenvalue weighted by Crippen LogP contribution is 2.44. The SMILES string of the molecule is CN1CCN(C)C(CN2C(=O)NC(=O)C3(CCC3)C2=O)C1. The van der Waals surface area contributed by atoms with Crippen molar-refractivity contribution in [2.24, 2.45) is 5.41 Å². The van der Waals surface area contributed by atoms with Gasteiger partial charge in [-0.15, -0.1) is 0 Å². The Morgan fingerprint density at radius 2 is 1.90 bits per heavy atom. The van der Waals surface area contributed by atoms with E-state index in [0.717, 1.165) is 26.1 Å². The zero-order chi connectivity index (χ0) is 15.2. The molecule has 0 radical (unpaired) electrons. The maximum Gasteiger partial charge on any atom is 0.330 e. The van der Waals surface area contributed by atoms with E-state index in [1.807, 2.05) is 14.1 Å². The Kier molecular flexibility index (Phi) is 3.49. The monoisotopic (exact) mass is 294 g/mol. The molecule has 0 aromatic rings. The molecule has 3 aliphatic rings. The molecule has 0 aromatic heterocycles. The molecular formula is C14H22N4O3. The van der Waals surface area contributed by atoms with Crippen molar-refractivity contribution in [3.8, 4) is 0 Å². The predicted molar refractivity (Wildman–Crippen MR) is 75.5 cm³/mol. The van der Waals surface area contributed by atoms with E-state index < -0.39 is 17.4 Å². The number of carbonyl (C=O) groups excluding carboxylic acids is 3. The van der Waals surface area contributed by atoms with Crippen LogP contribution in [0.25, 0.3) is 0 Å². The zero-order valence-electron chi connectivity index (χ0n) is 12.6. The number of hydrogen-bond donors (Lipinski definition) is 1. The first kappa shape index (κ1) is 14.5. The smallest absolute Gasteiger partial charge is 0.303 e. The predicted octanol–water partition coefficient (Wildman–Crippen LogP) is -0.519. The van der Waals surface area contributed by atoms with E-state index in [4.69, 9.17) is 0 Å². The molecule has 1 N–H and O–H groups in total. The van der Waals surface area contributed by atoms with Crippen LogP contribution < -0.4 is 5.32 Å². The van der Waals surface area contributed by atoms with Gasteiger partial charge in [-0.25, -0.2) is 4.79 Å². The van der Waals surface area contributed by atoms with E-state index in [1.54, 1.807) is 0 Å². The molecule has 1 aliphatic carbocycles. The number of carbonyl (C=O) groups is 3. The molecule has 21 heavy (non-hydrogen) atoms. The molecule has 2 saturated heterocycles. The number of nitrogens with one attached hydrogen (secondary N) is 1. The van der Waals surface area contributed by atoms with E-state index in [0.29, 0.717) is 19.4 Å². The number of nitrogens with zero attached hydrogens (tertiary/aromatic N) is 3. The number of likely N-dealkylation sites (N-methyl/N-ethyl adjacent to an activating group) is 2. The normalized spacial score (nSPS) is 30.5. The summed E-state index contributed by atoms with van der Waals surface area (Å²) in [6, 6.07) is -0.451. The standard InChI is InChI=1S/C14H22N4O3/c1-16-6-7-17(2)10(8-16)9-18-12(20)14(4-3-5-14)11(19)15-13(18)21/h10H,3-9H2,1-2H3,(H,15,19,21). The van der Waals surface area contributed by atoms with E-state index in [-0.39, 0.29) is 11.9 Å². The Balaban J connectivity index is 1.76. The quantitative estimate of drug-likeness (QED) is 0.694. The first-order chi connectivity index (χ1) is 9.94. The molecule has 7 heteroatoms. The minimum absolute atomic E-state index is 0.115. The second-order valence-electron chi connectivity index (χ2n) is 6.51. The summed E-state index contributed by atoms with van der Waals surface area (Å²) in [5.41, 5.74) is -0.965. The largest absolute Gasteiger partial charge is 0.330 e. The van der Waals surface area contributed by atoms with Crippen LogP contribution in [0.1, 0.15) is 19.3 Å². The van der Waals surface area contributed by atoms with E-state index in [1.165, 1.54) is 4.90 Å². The number of amides is 4. The van der Waals surface area contributed by atoms with Crippen LogP contribution in [0, 0.1) is 5.41 Å². The fourth-order valence-electron chi connectivity index (χ4n) is 3.38. The molecule has 4 amide bonds. The Labute approximate surface area is 124 Å². The second kappa shape index (κ2) is 5.06. The molecule has 0 aromatic carbocycles. The highest BCUT2D eigenvalue weighted by Gasteiger charge is 2.57. The van der Waals surface area contributed by atoms with Gasteiger partial charge in [0.25, 0.3) is 0 Å². The lowest BCUT2D eigenvalue weighted by molar-refractivity contribution is -0.158. The van der Waals surface area contributed by atoms with Crippen LogP contribution in [0.2, 0.25) is 0 Å². The van der Waals surface area contributed by atoms with Gasteiger partial charge in [0.15, 0.2) is 0 Å². The van der Waals surface area contributed by atoms with Gasteiger partial charge in [0, 0.05) is 32.2 Å². The molecule has 2 aliphatic heterocycles. The zero-order valence-corrected chi connectivity index (χ0v) is 12.6. The van der Waals surface area contributed by atoms with Crippen molar-refractivity contribution in [2.75, 3.05) is 40.3 Å². The Hall–Kier alpha value is -1.47. The molecule has 116 valence electrons. The van der Waals surface area contributed by atoms with Crippen molar-refractivity contribution in [1.82, 2.24) is 20.0 Å². The van der Waals surface area contributed by atoms with Crippen molar-refractivity contribution in [3.63, 3.8) is 0 Å². The highest BCUT2D eigenvalue weighted by molar-refractivity contribution is 6.19. The minimum Gasteiger partial charge on any atom is -0.303 e. The maximum absolute atomic E-state index is 12.6. The summed E-state index contributed by atoms with van der Waals surface area (Å²) >= 11 is 0. The lowest BCUT2D eigenvalue weighted by atomic mass is 9.66. The van der Waals surface area contributed by atoms with Gasteiger partial charge in [0.2, 0.25) is 11.8 Å². The van der Waals surface area contributed by atoms with Gasteiger partial charge >= 0.3 is 6.03 Å². The first-order valence-corrected chi connectivity index (χ1v) is 7.50. The topological polar surface area (TPSA) is 73.0 Å². The number of urea groups is 1. The molecular weight excluding hydrogens is 272 g/mol. The van der Waals surface area contributed by atoms with E-state index >= 15 is 0 Å². The summed E-state index contributed by atoms with van der Waals surface area (Å²) in [7, 11) is 4.04. The number of hydrogen-bond acceptors (Lipinski definition) is 5. The second-order valence-corrected chi connectivity index (χ2v) is 6.51. The maximum atomic E-state index is 12.6. The van der Waals surface area contributed by atoms with Gasteiger partial charge in [-0.2, -0.15) is 0 Å². The van der Waals surface area contributed by atoms with Crippen LogP contribution in [0.4, 0.5) is 4.79 Å². The van der Waals surface area contributed by atoms with Crippen LogP contribution in [-0.4, -0.2) is 78.9 Å². The number of piperazine rings is 1.